The van der Waals surface area contributed by atoms with Crippen LogP contribution in [-0.4, -0.2) is 19.6 Å². The van der Waals surface area contributed by atoms with Gasteiger partial charge in [-0.1, -0.05) is 6.07 Å². The zero-order valence-electron chi connectivity index (χ0n) is 9.96. The number of benzene rings is 1. The summed E-state index contributed by atoms with van der Waals surface area (Å²) in [6.45, 7) is 4.31. The van der Waals surface area contributed by atoms with E-state index in [2.05, 4.69) is 5.32 Å². The minimum absolute atomic E-state index is 0.0618. The number of carbonyl (C=O) groups excluding carboxylic acids is 1. The quantitative estimate of drug-likeness (QED) is 0.764. The van der Waals surface area contributed by atoms with Crippen molar-refractivity contribution in [2.75, 3.05) is 24.8 Å². The number of nitrogens with two attached hydrogens (primary N) is 1. The second-order valence-electron chi connectivity index (χ2n) is 3.81. The molecule has 0 bridgehead atoms. The molecule has 3 N–H and O–H groups in total. The van der Waals surface area contributed by atoms with E-state index in [1.54, 1.807) is 13.2 Å². The summed E-state index contributed by atoms with van der Waals surface area (Å²) >= 11 is 0. The van der Waals surface area contributed by atoms with Gasteiger partial charge in [-0.2, -0.15) is 0 Å². The number of nitrogen functional groups attached to an aromatic ring is 1. The summed E-state index contributed by atoms with van der Waals surface area (Å²) in [6, 6.07) is 3.75. The van der Waals surface area contributed by atoms with E-state index in [9.17, 15) is 4.79 Å². The average Bonchev–Trinajstić information content (AvgIpc) is 2.23. The van der Waals surface area contributed by atoms with Gasteiger partial charge < -0.3 is 15.8 Å². The third-order valence-corrected chi connectivity index (χ3v) is 2.42. The molecule has 0 heterocycles. The lowest BCUT2D eigenvalue weighted by atomic mass is 10.1. The van der Waals surface area contributed by atoms with Gasteiger partial charge in [-0.05, 0) is 31.0 Å². The molecule has 0 unspecified atom stereocenters. The smallest absolute Gasteiger partial charge is 0.226 e. The van der Waals surface area contributed by atoms with Crippen LogP contribution in [0.3, 0.4) is 0 Å². The van der Waals surface area contributed by atoms with E-state index in [1.807, 2.05) is 19.9 Å². The molecule has 0 atom stereocenters. The lowest BCUT2D eigenvalue weighted by molar-refractivity contribution is -0.117. The Hall–Kier alpha value is -1.55. The van der Waals surface area contributed by atoms with Gasteiger partial charge in [-0.15, -0.1) is 0 Å². The number of nitrogens with one attached hydrogen (secondary N) is 1. The van der Waals surface area contributed by atoms with Crippen molar-refractivity contribution in [3.05, 3.63) is 23.3 Å². The number of carbonyl (C=O) groups is 1. The Labute approximate surface area is 95.8 Å². The first kappa shape index (κ1) is 12.5. The number of amides is 1. The molecule has 0 radical (unpaired) electrons. The molecule has 4 nitrogen and oxygen atoms in total. The molecule has 0 spiro atoms. The normalized spacial score (nSPS) is 10.2. The highest BCUT2D eigenvalue weighted by atomic mass is 16.5. The predicted octanol–water partition coefficient (Wildman–Crippen LogP) is 1.86. The zero-order valence-corrected chi connectivity index (χ0v) is 9.96. The number of anilines is 2. The number of hydrogen-bond acceptors (Lipinski definition) is 3. The van der Waals surface area contributed by atoms with Crippen LogP contribution in [-0.2, 0) is 9.53 Å². The summed E-state index contributed by atoms with van der Waals surface area (Å²) in [6.07, 6.45) is 0.351. The van der Waals surface area contributed by atoms with Crippen molar-refractivity contribution in [1.82, 2.24) is 0 Å². The monoisotopic (exact) mass is 222 g/mol. The fraction of sp³-hybridized carbons (Fsp3) is 0.417. The molecular formula is C12H18N2O2. The van der Waals surface area contributed by atoms with E-state index in [0.29, 0.717) is 18.7 Å². The number of rotatable bonds is 4. The van der Waals surface area contributed by atoms with Crippen LogP contribution < -0.4 is 11.1 Å². The maximum Gasteiger partial charge on any atom is 0.226 e. The van der Waals surface area contributed by atoms with Gasteiger partial charge in [0, 0.05) is 18.5 Å². The lowest BCUT2D eigenvalue weighted by Gasteiger charge is -2.11. The van der Waals surface area contributed by atoms with Gasteiger partial charge in [0.1, 0.15) is 0 Å². The van der Waals surface area contributed by atoms with Crippen LogP contribution in [0.25, 0.3) is 0 Å². The first-order valence-corrected chi connectivity index (χ1v) is 5.20. The van der Waals surface area contributed by atoms with Crippen molar-refractivity contribution in [3.8, 4) is 0 Å². The Balaban J connectivity index is 2.73. The van der Waals surface area contributed by atoms with E-state index in [4.69, 9.17) is 10.5 Å². The van der Waals surface area contributed by atoms with Crippen molar-refractivity contribution >= 4 is 17.3 Å². The highest BCUT2D eigenvalue weighted by Gasteiger charge is 2.06. The Morgan fingerprint density at radius 1 is 1.38 bits per heavy atom. The number of methoxy groups -OCH3 is 1. The maximum atomic E-state index is 11.5. The SMILES string of the molecule is COCCC(=O)Nc1cc(N)c(C)cc1C. The molecule has 1 aromatic carbocycles. The minimum atomic E-state index is -0.0618. The van der Waals surface area contributed by atoms with Gasteiger partial charge in [-0.25, -0.2) is 0 Å². The first-order chi connectivity index (χ1) is 7.54. The van der Waals surface area contributed by atoms with Gasteiger partial charge in [0.25, 0.3) is 0 Å². The number of ether oxygens (including phenoxy) is 1. The molecule has 0 saturated carbocycles. The molecule has 0 saturated heterocycles. The predicted molar refractivity (Wildman–Crippen MR) is 65.5 cm³/mol. The summed E-state index contributed by atoms with van der Waals surface area (Å²) in [5.41, 5.74) is 9.28. The fourth-order valence-corrected chi connectivity index (χ4v) is 1.41. The molecule has 1 rings (SSSR count). The van der Waals surface area contributed by atoms with Gasteiger partial charge in [0.05, 0.1) is 13.0 Å². The third-order valence-electron chi connectivity index (χ3n) is 2.42. The highest BCUT2D eigenvalue weighted by molar-refractivity contribution is 5.92. The van der Waals surface area contributed by atoms with Gasteiger partial charge in [-0.3, -0.25) is 4.79 Å². The van der Waals surface area contributed by atoms with Gasteiger partial charge in [0.2, 0.25) is 5.91 Å². The Bertz CT molecular complexity index is 389. The number of aryl methyl sites for hydroxylation is 2. The molecule has 0 aliphatic rings. The Kier molecular flexibility index (Phi) is 4.31. The standard InChI is InChI=1S/C12H18N2O2/c1-8-6-9(2)11(7-10(8)13)14-12(15)4-5-16-3/h6-7H,4-5,13H2,1-3H3,(H,14,15). The van der Waals surface area contributed by atoms with Crippen LogP contribution in [0.5, 0.6) is 0 Å². The zero-order chi connectivity index (χ0) is 12.1. The summed E-state index contributed by atoms with van der Waals surface area (Å²) in [4.78, 5) is 11.5. The summed E-state index contributed by atoms with van der Waals surface area (Å²) in [7, 11) is 1.57. The Morgan fingerprint density at radius 3 is 2.69 bits per heavy atom. The second kappa shape index (κ2) is 5.51. The topological polar surface area (TPSA) is 64.3 Å². The van der Waals surface area contributed by atoms with Crippen LogP contribution in [0.4, 0.5) is 11.4 Å². The van der Waals surface area contributed by atoms with Crippen molar-refractivity contribution in [1.29, 1.82) is 0 Å². The lowest BCUT2D eigenvalue weighted by Crippen LogP contribution is -2.14. The minimum Gasteiger partial charge on any atom is -0.398 e. The van der Waals surface area contributed by atoms with E-state index in [0.717, 1.165) is 16.8 Å². The van der Waals surface area contributed by atoms with Crippen molar-refractivity contribution in [2.24, 2.45) is 0 Å². The number of hydrogen-bond donors (Lipinski definition) is 2. The molecule has 1 aromatic rings. The van der Waals surface area contributed by atoms with Crippen molar-refractivity contribution < 1.29 is 9.53 Å². The van der Waals surface area contributed by atoms with Crippen LogP contribution in [0.2, 0.25) is 0 Å². The second-order valence-corrected chi connectivity index (χ2v) is 3.81. The van der Waals surface area contributed by atoms with E-state index in [-0.39, 0.29) is 5.91 Å². The first-order valence-electron chi connectivity index (χ1n) is 5.20. The van der Waals surface area contributed by atoms with Gasteiger partial charge >= 0.3 is 0 Å². The third kappa shape index (κ3) is 3.24. The average molecular weight is 222 g/mol. The van der Waals surface area contributed by atoms with Crippen LogP contribution >= 0.6 is 0 Å². The van der Waals surface area contributed by atoms with Crippen molar-refractivity contribution in [3.63, 3.8) is 0 Å². The molecule has 16 heavy (non-hydrogen) atoms. The molecule has 1 amide bonds. The molecule has 4 heteroatoms. The molecule has 88 valence electrons. The summed E-state index contributed by atoms with van der Waals surface area (Å²) in [5.74, 6) is -0.0618. The molecule has 0 fully saturated rings. The molecule has 0 aliphatic heterocycles. The van der Waals surface area contributed by atoms with Crippen LogP contribution in [0.15, 0.2) is 12.1 Å². The molecular weight excluding hydrogens is 204 g/mol. The summed E-state index contributed by atoms with van der Waals surface area (Å²) < 4.78 is 4.84. The Morgan fingerprint density at radius 2 is 2.06 bits per heavy atom. The van der Waals surface area contributed by atoms with E-state index >= 15 is 0 Å². The largest absolute Gasteiger partial charge is 0.398 e. The van der Waals surface area contributed by atoms with Crippen molar-refractivity contribution in [2.45, 2.75) is 20.3 Å². The molecule has 0 aliphatic carbocycles. The fourth-order valence-electron chi connectivity index (χ4n) is 1.41. The van der Waals surface area contributed by atoms with Gasteiger partial charge in [0.15, 0.2) is 0 Å². The van der Waals surface area contributed by atoms with E-state index < -0.39 is 0 Å². The summed E-state index contributed by atoms with van der Waals surface area (Å²) in [5, 5.41) is 2.81. The van der Waals surface area contributed by atoms with Crippen LogP contribution in [0.1, 0.15) is 17.5 Å². The van der Waals surface area contributed by atoms with E-state index in [1.165, 1.54) is 0 Å². The molecule has 0 aromatic heterocycles. The maximum absolute atomic E-state index is 11.5. The highest BCUT2D eigenvalue weighted by Crippen LogP contribution is 2.22. The van der Waals surface area contributed by atoms with Crippen LogP contribution in [0, 0.1) is 13.8 Å².